The summed E-state index contributed by atoms with van der Waals surface area (Å²) >= 11 is 0. The van der Waals surface area contributed by atoms with Gasteiger partial charge >= 0.3 is 0 Å². The standard InChI is InChI=1S/C21H18N4O/c26-21(22-14-20-24-18-12-6-7-13-19(18)25-20)16-10-4-5-11-17(16)23-15-8-2-1-3-9-15/h1-13,23H,14H2,(H,22,26)(H,24,25). The van der Waals surface area contributed by atoms with Crippen LogP contribution in [0.15, 0.2) is 78.9 Å². The third kappa shape index (κ3) is 3.42. The molecule has 128 valence electrons. The highest BCUT2D eigenvalue weighted by molar-refractivity contribution is 6.00. The van der Waals surface area contributed by atoms with Crippen LogP contribution >= 0.6 is 0 Å². The first-order valence-corrected chi connectivity index (χ1v) is 8.42. The van der Waals surface area contributed by atoms with E-state index in [0.717, 1.165) is 28.2 Å². The molecule has 5 nitrogen and oxygen atoms in total. The Labute approximate surface area is 151 Å². The van der Waals surface area contributed by atoms with Gasteiger partial charge < -0.3 is 15.6 Å². The van der Waals surface area contributed by atoms with Crippen molar-refractivity contribution in [2.45, 2.75) is 6.54 Å². The summed E-state index contributed by atoms with van der Waals surface area (Å²) in [5, 5.41) is 6.22. The van der Waals surface area contributed by atoms with Crippen LogP contribution in [0.25, 0.3) is 11.0 Å². The Morgan fingerprint density at radius 2 is 1.62 bits per heavy atom. The van der Waals surface area contributed by atoms with Gasteiger partial charge in [-0.25, -0.2) is 4.98 Å². The van der Waals surface area contributed by atoms with Crippen molar-refractivity contribution in [1.82, 2.24) is 15.3 Å². The predicted octanol–water partition coefficient (Wildman–Crippen LogP) is 4.24. The van der Waals surface area contributed by atoms with E-state index in [9.17, 15) is 4.79 Å². The molecule has 0 aliphatic rings. The number of nitrogens with zero attached hydrogens (tertiary/aromatic N) is 1. The SMILES string of the molecule is O=C(NCc1nc2ccccc2[nH]1)c1ccccc1Nc1ccccc1. The highest BCUT2D eigenvalue weighted by Gasteiger charge is 2.12. The fourth-order valence-corrected chi connectivity index (χ4v) is 2.82. The lowest BCUT2D eigenvalue weighted by Crippen LogP contribution is -2.24. The molecular weight excluding hydrogens is 324 g/mol. The maximum absolute atomic E-state index is 12.7. The molecule has 0 fully saturated rings. The molecule has 1 amide bonds. The minimum atomic E-state index is -0.149. The highest BCUT2D eigenvalue weighted by atomic mass is 16.1. The second-order valence-electron chi connectivity index (χ2n) is 5.92. The average Bonchev–Trinajstić information content (AvgIpc) is 3.10. The maximum Gasteiger partial charge on any atom is 0.253 e. The Hall–Kier alpha value is -3.60. The smallest absolute Gasteiger partial charge is 0.253 e. The van der Waals surface area contributed by atoms with Crippen LogP contribution in [0.4, 0.5) is 11.4 Å². The summed E-state index contributed by atoms with van der Waals surface area (Å²) in [5.74, 6) is 0.581. The summed E-state index contributed by atoms with van der Waals surface area (Å²) in [7, 11) is 0. The summed E-state index contributed by atoms with van der Waals surface area (Å²) < 4.78 is 0. The number of aromatic nitrogens is 2. The third-order valence-corrected chi connectivity index (χ3v) is 4.08. The molecule has 3 N–H and O–H groups in total. The first-order chi connectivity index (χ1) is 12.8. The first kappa shape index (κ1) is 15.9. The molecule has 26 heavy (non-hydrogen) atoms. The molecule has 0 unspecified atom stereocenters. The first-order valence-electron chi connectivity index (χ1n) is 8.42. The van der Waals surface area contributed by atoms with E-state index in [1.807, 2.05) is 72.8 Å². The van der Waals surface area contributed by atoms with Crippen LogP contribution in [0.5, 0.6) is 0 Å². The fraction of sp³-hybridized carbons (Fsp3) is 0.0476. The molecule has 5 heteroatoms. The summed E-state index contributed by atoms with van der Waals surface area (Å²) in [6, 6.07) is 25.0. The van der Waals surface area contributed by atoms with E-state index in [-0.39, 0.29) is 5.91 Å². The van der Waals surface area contributed by atoms with E-state index in [1.54, 1.807) is 6.07 Å². The molecule has 0 atom stereocenters. The summed E-state index contributed by atoms with van der Waals surface area (Å²) in [6.45, 7) is 0.340. The minimum Gasteiger partial charge on any atom is -0.355 e. The van der Waals surface area contributed by atoms with Gasteiger partial charge in [0, 0.05) is 5.69 Å². The Kier molecular flexibility index (Phi) is 4.35. The molecule has 0 saturated heterocycles. The molecule has 0 radical (unpaired) electrons. The lowest BCUT2D eigenvalue weighted by Gasteiger charge is -2.11. The zero-order chi connectivity index (χ0) is 17.8. The van der Waals surface area contributed by atoms with Gasteiger partial charge in [-0.2, -0.15) is 0 Å². The van der Waals surface area contributed by atoms with Gasteiger partial charge in [0.2, 0.25) is 0 Å². The Bertz CT molecular complexity index is 1010. The van der Waals surface area contributed by atoms with Gasteiger partial charge in [0.05, 0.1) is 28.8 Å². The molecule has 3 aromatic carbocycles. The number of benzene rings is 3. The summed E-state index contributed by atoms with van der Waals surface area (Å²) in [4.78, 5) is 20.3. The van der Waals surface area contributed by atoms with E-state index < -0.39 is 0 Å². The number of hydrogen-bond donors (Lipinski definition) is 3. The lowest BCUT2D eigenvalue weighted by atomic mass is 10.1. The van der Waals surface area contributed by atoms with Crippen LogP contribution in [0.2, 0.25) is 0 Å². The number of anilines is 2. The Balaban J connectivity index is 1.49. The zero-order valence-corrected chi connectivity index (χ0v) is 14.1. The van der Waals surface area contributed by atoms with E-state index in [1.165, 1.54) is 0 Å². The second kappa shape index (κ2) is 7.11. The number of nitrogens with one attached hydrogen (secondary N) is 3. The van der Waals surface area contributed by atoms with Crippen molar-refractivity contribution in [3.8, 4) is 0 Å². The molecule has 0 aliphatic heterocycles. The largest absolute Gasteiger partial charge is 0.355 e. The number of amides is 1. The number of fused-ring (bicyclic) bond motifs is 1. The van der Waals surface area contributed by atoms with Crippen molar-refractivity contribution in [2.24, 2.45) is 0 Å². The molecule has 0 aliphatic carbocycles. The van der Waals surface area contributed by atoms with Crippen LogP contribution in [0.1, 0.15) is 16.2 Å². The minimum absolute atomic E-state index is 0.149. The van der Waals surface area contributed by atoms with Crippen molar-refractivity contribution in [3.05, 3.63) is 90.3 Å². The van der Waals surface area contributed by atoms with E-state index in [4.69, 9.17) is 0 Å². The lowest BCUT2D eigenvalue weighted by molar-refractivity contribution is 0.0951. The zero-order valence-electron chi connectivity index (χ0n) is 14.1. The van der Waals surface area contributed by atoms with Crippen LogP contribution < -0.4 is 10.6 Å². The van der Waals surface area contributed by atoms with Gasteiger partial charge in [-0.05, 0) is 36.4 Å². The number of aromatic amines is 1. The normalized spacial score (nSPS) is 10.6. The van der Waals surface area contributed by atoms with E-state index in [0.29, 0.717) is 12.1 Å². The highest BCUT2D eigenvalue weighted by Crippen LogP contribution is 2.20. The Morgan fingerprint density at radius 3 is 2.46 bits per heavy atom. The number of rotatable bonds is 5. The van der Waals surface area contributed by atoms with E-state index in [2.05, 4.69) is 20.6 Å². The third-order valence-electron chi connectivity index (χ3n) is 4.08. The van der Waals surface area contributed by atoms with Gasteiger partial charge in [0.1, 0.15) is 5.82 Å². The monoisotopic (exact) mass is 342 g/mol. The molecule has 0 bridgehead atoms. The van der Waals surface area contributed by atoms with E-state index >= 15 is 0 Å². The van der Waals surface area contributed by atoms with Crippen molar-refractivity contribution in [2.75, 3.05) is 5.32 Å². The van der Waals surface area contributed by atoms with Gasteiger partial charge in [-0.1, -0.05) is 42.5 Å². The van der Waals surface area contributed by atoms with Gasteiger partial charge in [0.25, 0.3) is 5.91 Å². The summed E-state index contributed by atoms with van der Waals surface area (Å²) in [6.07, 6.45) is 0. The molecule has 4 rings (SSSR count). The number of imidazole rings is 1. The summed E-state index contributed by atoms with van der Waals surface area (Å²) in [5.41, 5.74) is 4.14. The van der Waals surface area contributed by atoms with Crippen molar-refractivity contribution >= 4 is 28.3 Å². The van der Waals surface area contributed by atoms with Crippen molar-refractivity contribution in [1.29, 1.82) is 0 Å². The molecule has 1 aromatic heterocycles. The molecule has 0 spiro atoms. The van der Waals surface area contributed by atoms with Gasteiger partial charge in [0.15, 0.2) is 0 Å². The molecule has 4 aromatic rings. The van der Waals surface area contributed by atoms with Crippen molar-refractivity contribution < 1.29 is 4.79 Å². The average molecular weight is 342 g/mol. The molecule has 0 saturated carbocycles. The van der Waals surface area contributed by atoms with Crippen LogP contribution in [0.3, 0.4) is 0 Å². The van der Waals surface area contributed by atoms with Gasteiger partial charge in [-0.15, -0.1) is 0 Å². The fourth-order valence-electron chi connectivity index (χ4n) is 2.82. The van der Waals surface area contributed by atoms with Gasteiger partial charge in [-0.3, -0.25) is 4.79 Å². The maximum atomic E-state index is 12.7. The van der Waals surface area contributed by atoms with Crippen LogP contribution in [-0.4, -0.2) is 15.9 Å². The topological polar surface area (TPSA) is 69.8 Å². The van der Waals surface area contributed by atoms with Crippen LogP contribution in [0, 0.1) is 0 Å². The second-order valence-corrected chi connectivity index (χ2v) is 5.92. The molecule has 1 heterocycles. The number of hydrogen-bond acceptors (Lipinski definition) is 3. The Morgan fingerprint density at radius 1 is 0.885 bits per heavy atom. The number of H-pyrrole nitrogens is 1. The van der Waals surface area contributed by atoms with Crippen LogP contribution in [-0.2, 0) is 6.54 Å². The predicted molar refractivity (Wildman–Crippen MR) is 103 cm³/mol. The number of para-hydroxylation sites is 4. The quantitative estimate of drug-likeness (QED) is 0.508. The molecular formula is C21H18N4O. The number of carbonyl (C=O) groups is 1. The number of carbonyl (C=O) groups excluding carboxylic acids is 1. The van der Waals surface area contributed by atoms with Crippen molar-refractivity contribution in [3.63, 3.8) is 0 Å².